The molecule has 1 unspecified atom stereocenters. The lowest BCUT2D eigenvalue weighted by Gasteiger charge is -2.29. The number of carbonyl (C=O) groups is 1. The topological polar surface area (TPSA) is 128 Å². The highest BCUT2D eigenvalue weighted by Crippen LogP contribution is 2.20. The van der Waals surface area contributed by atoms with Crippen molar-refractivity contribution in [2.45, 2.75) is 58.7 Å². The van der Waals surface area contributed by atoms with Crippen LogP contribution >= 0.6 is 23.2 Å². The average molecular weight is 553 g/mol. The monoisotopic (exact) mass is 551 g/mol. The first-order valence-corrected chi connectivity index (χ1v) is 13.4. The Hall–Kier alpha value is -2.66. The number of H-pyrrole nitrogens is 1. The molecule has 0 fully saturated rings. The second-order valence-corrected chi connectivity index (χ2v) is 9.75. The SMILES string of the molecule is CCCCN(CC(=O)O)C(CC)CCNc1ncc(Cl)n(CCNCc2[nH]nc3ccc(Cl)cc23)c1=O. The molecule has 3 rings (SSSR count). The fourth-order valence-electron chi connectivity index (χ4n) is 4.30. The average Bonchev–Trinajstić information content (AvgIpc) is 3.27. The molecule has 10 nitrogen and oxygen atoms in total. The van der Waals surface area contributed by atoms with Crippen LogP contribution in [0.2, 0.25) is 10.2 Å². The number of hydrogen-bond donors (Lipinski definition) is 4. The van der Waals surface area contributed by atoms with Crippen molar-refractivity contribution in [1.82, 2.24) is 30.0 Å². The summed E-state index contributed by atoms with van der Waals surface area (Å²) in [7, 11) is 0. The van der Waals surface area contributed by atoms with Gasteiger partial charge in [-0.2, -0.15) is 5.10 Å². The van der Waals surface area contributed by atoms with Crippen molar-refractivity contribution >= 4 is 45.9 Å². The van der Waals surface area contributed by atoms with Gasteiger partial charge in [0.05, 0.1) is 24.0 Å². The highest BCUT2D eigenvalue weighted by Gasteiger charge is 2.19. The van der Waals surface area contributed by atoms with E-state index in [9.17, 15) is 14.7 Å². The van der Waals surface area contributed by atoms with Gasteiger partial charge in [0.25, 0.3) is 5.56 Å². The largest absolute Gasteiger partial charge is 0.480 e. The van der Waals surface area contributed by atoms with Gasteiger partial charge in [-0.25, -0.2) is 4.98 Å². The Morgan fingerprint density at radius 2 is 2.08 bits per heavy atom. The fraction of sp³-hybridized carbons (Fsp3) is 0.520. The molecule has 4 N–H and O–H groups in total. The van der Waals surface area contributed by atoms with E-state index in [1.165, 1.54) is 10.8 Å². The minimum absolute atomic E-state index is 0.0128. The third-order valence-corrected chi connectivity index (χ3v) is 6.85. The van der Waals surface area contributed by atoms with Crippen LogP contribution in [0.15, 0.2) is 29.2 Å². The van der Waals surface area contributed by atoms with E-state index in [0.717, 1.165) is 42.4 Å². The Kier molecular flexibility index (Phi) is 11.2. The van der Waals surface area contributed by atoms with Gasteiger partial charge in [-0.05, 0) is 44.0 Å². The molecular weight excluding hydrogens is 517 g/mol. The molecule has 1 aromatic carbocycles. The van der Waals surface area contributed by atoms with E-state index in [0.29, 0.717) is 37.6 Å². The van der Waals surface area contributed by atoms with Gasteiger partial charge in [0.2, 0.25) is 0 Å². The third kappa shape index (κ3) is 8.16. The number of nitrogens with zero attached hydrogens (tertiary/aromatic N) is 4. The van der Waals surface area contributed by atoms with E-state index >= 15 is 0 Å². The number of benzene rings is 1. The van der Waals surface area contributed by atoms with Crippen LogP contribution in [0.5, 0.6) is 0 Å². The maximum absolute atomic E-state index is 13.0. The van der Waals surface area contributed by atoms with Gasteiger partial charge in [-0.15, -0.1) is 0 Å². The van der Waals surface area contributed by atoms with Crippen molar-refractivity contribution in [2.24, 2.45) is 0 Å². The number of fused-ring (bicyclic) bond motifs is 1. The Labute approximate surface area is 226 Å². The summed E-state index contributed by atoms with van der Waals surface area (Å²) in [6.07, 6.45) is 4.92. The number of hydrogen-bond acceptors (Lipinski definition) is 7. The maximum atomic E-state index is 13.0. The molecular formula is C25H35Cl2N7O3. The number of aliphatic carboxylic acids is 1. The standard InChI is InChI=1S/C25H35Cl2N7O3/c1-3-5-11-33(16-23(35)36)18(4-2)8-9-29-24-25(37)34(22(27)15-30-24)12-10-28-14-21-19-13-17(26)6-7-20(19)31-32-21/h6-7,13,15,18,28H,3-5,8-12,14,16H2,1-2H3,(H,29,30)(H,31,32)(H,35,36). The molecule has 0 aliphatic carbocycles. The Morgan fingerprint density at radius 3 is 2.81 bits per heavy atom. The van der Waals surface area contributed by atoms with Crippen LogP contribution in [0.1, 0.15) is 45.2 Å². The molecule has 0 aliphatic rings. The first-order chi connectivity index (χ1) is 17.8. The Bertz CT molecular complexity index is 1230. The number of unbranched alkanes of at least 4 members (excludes halogenated alkanes) is 1. The summed E-state index contributed by atoms with van der Waals surface area (Å²) < 4.78 is 1.47. The van der Waals surface area contributed by atoms with Crippen molar-refractivity contribution in [1.29, 1.82) is 0 Å². The van der Waals surface area contributed by atoms with E-state index in [2.05, 4.69) is 32.7 Å². The number of carboxylic acids is 1. The third-order valence-electron chi connectivity index (χ3n) is 6.31. The van der Waals surface area contributed by atoms with Crippen LogP contribution in [0.3, 0.4) is 0 Å². The second kappa shape index (κ2) is 14.3. The van der Waals surface area contributed by atoms with Crippen molar-refractivity contribution in [3.8, 4) is 0 Å². The highest BCUT2D eigenvalue weighted by atomic mass is 35.5. The summed E-state index contributed by atoms with van der Waals surface area (Å²) in [4.78, 5) is 30.5. The lowest BCUT2D eigenvalue weighted by atomic mass is 10.1. The second-order valence-electron chi connectivity index (χ2n) is 8.92. The Balaban J connectivity index is 1.55. The van der Waals surface area contributed by atoms with Gasteiger partial charge in [0, 0.05) is 42.6 Å². The summed E-state index contributed by atoms with van der Waals surface area (Å²) in [5.74, 6) is -0.602. The number of aromatic amines is 1. The number of carboxylic acid groups (broad SMARTS) is 1. The van der Waals surface area contributed by atoms with Gasteiger partial charge in [-0.3, -0.25) is 24.2 Å². The fourth-order valence-corrected chi connectivity index (χ4v) is 4.68. The van der Waals surface area contributed by atoms with Crippen LogP contribution in [-0.2, 0) is 17.9 Å². The van der Waals surface area contributed by atoms with Gasteiger partial charge in [0.15, 0.2) is 5.82 Å². The van der Waals surface area contributed by atoms with E-state index in [1.807, 2.05) is 24.0 Å². The van der Waals surface area contributed by atoms with E-state index in [4.69, 9.17) is 23.2 Å². The van der Waals surface area contributed by atoms with Crippen LogP contribution < -0.4 is 16.2 Å². The molecule has 37 heavy (non-hydrogen) atoms. The normalized spacial score (nSPS) is 12.4. The van der Waals surface area contributed by atoms with Gasteiger partial charge >= 0.3 is 5.97 Å². The summed E-state index contributed by atoms with van der Waals surface area (Å²) in [5, 5.41) is 24.9. The molecule has 2 aromatic heterocycles. The van der Waals surface area contributed by atoms with Crippen LogP contribution in [-0.4, -0.2) is 67.9 Å². The smallest absolute Gasteiger partial charge is 0.317 e. The molecule has 0 saturated carbocycles. The predicted molar refractivity (Wildman–Crippen MR) is 148 cm³/mol. The van der Waals surface area contributed by atoms with Gasteiger partial charge in [-0.1, -0.05) is 43.5 Å². The number of nitrogens with one attached hydrogen (secondary N) is 3. The molecule has 0 radical (unpaired) electrons. The molecule has 0 saturated heterocycles. The molecule has 12 heteroatoms. The van der Waals surface area contributed by atoms with Crippen LogP contribution in [0.4, 0.5) is 5.82 Å². The Morgan fingerprint density at radius 1 is 1.27 bits per heavy atom. The lowest BCUT2D eigenvalue weighted by Crippen LogP contribution is -2.40. The number of anilines is 1. The molecule has 3 aromatic rings. The number of rotatable bonds is 16. The first-order valence-electron chi connectivity index (χ1n) is 12.6. The molecule has 1 atom stereocenters. The van der Waals surface area contributed by atoms with Crippen molar-refractivity contribution in [3.63, 3.8) is 0 Å². The summed E-state index contributed by atoms with van der Waals surface area (Å²) in [5.41, 5.74) is 1.45. The zero-order valence-corrected chi connectivity index (χ0v) is 22.8. The van der Waals surface area contributed by atoms with Crippen molar-refractivity contribution < 1.29 is 9.90 Å². The number of halogens is 2. The molecule has 0 amide bonds. The minimum Gasteiger partial charge on any atom is -0.480 e. The summed E-state index contributed by atoms with van der Waals surface area (Å²) in [6.45, 7) is 6.78. The first kappa shape index (κ1) is 28.9. The molecule has 0 spiro atoms. The zero-order chi connectivity index (χ0) is 26.8. The summed E-state index contributed by atoms with van der Waals surface area (Å²) in [6, 6.07) is 5.63. The quantitative estimate of drug-likeness (QED) is 0.197. The van der Waals surface area contributed by atoms with Crippen LogP contribution in [0.25, 0.3) is 10.9 Å². The van der Waals surface area contributed by atoms with Gasteiger partial charge < -0.3 is 15.7 Å². The minimum atomic E-state index is -0.831. The summed E-state index contributed by atoms with van der Waals surface area (Å²) >= 11 is 12.4. The van der Waals surface area contributed by atoms with E-state index < -0.39 is 5.97 Å². The maximum Gasteiger partial charge on any atom is 0.317 e. The molecule has 0 bridgehead atoms. The molecule has 202 valence electrons. The van der Waals surface area contributed by atoms with Crippen LogP contribution in [0, 0.1) is 0 Å². The van der Waals surface area contributed by atoms with Crippen molar-refractivity contribution in [3.05, 3.63) is 50.6 Å². The highest BCUT2D eigenvalue weighted by molar-refractivity contribution is 6.31. The number of aromatic nitrogens is 4. The zero-order valence-electron chi connectivity index (χ0n) is 21.3. The molecule has 2 heterocycles. The molecule has 0 aliphatic heterocycles. The van der Waals surface area contributed by atoms with Gasteiger partial charge in [0.1, 0.15) is 5.15 Å². The van der Waals surface area contributed by atoms with E-state index in [-0.39, 0.29) is 29.1 Å². The van der Waals surface area contributed by atoms with Crippen molar-refractivity contribution in [2.75, 3.05) is 31.5 Å². The lowest BCUT2D eigenvalue weighted by molar-refractivity contribution is -0.139. The predicted octanol–water partition coefficient (Wildman–Crippen LogP) is 3.98. The van der Waals surface area contributed by atoms with E-state index in [1.54, 1.807) is 6.07 Å².